The van der Waals surface area contributed by atoms with Crippen LogP contribution in [0.15, 0.2) is 12.1 Å². The van der Waals surface area contributed by atoms with Crippen LogP contribution in [-0.4, -0.2) is 11.0 Å². The molecular weight excluding hydrogens is 173 g/mol. The third-order valence-electron chi connectivity index (χ3n) is 2.10. The molecule has 2 rings (SSSR count). The number of hydrogen-bond donors (Lipinski definition) is 2. The average Bonchev–Trinajstić information content (AvgIpc) is 2.46. The molecule has 0 atom stereocenters. The van der Waals surface area contributed by atoms with Crippen molar-refractivity contribution in [3.8, 4) is 0 Å². The van der Waals surface area contributed by atoms with Gasteiger partial charge in [0.2, 0.25) is 0 Å². The number of fused-ring (bicyclic) bond motifs is 1. The lowest BCUT2D eigenvalue weighted by atomic mass is 10.1. The number of aliphatic hydroxyl groups is 1. The zero-order chi connectivity index (χ0) is 10.3. The van der Waals surface area contributed by atoms with E-state index in [0.717, 1.165) is 0 Å². The molecule has 0 radical (unpaired) electrons. The summed E-state index contributed by atoms with van der Waals surface area (Å²) >= 11 is 0. The molecule has 2 N–H and O–H groups in total. The lowest BCUT2D eigenvalue weighted by Gasteiger charge is -2.02. The fraction of sp³-hybridized carbons (Fsp3) is 0.222. The molecule has 0 fully saturated rings. The van der Waals surface area contributed by atoms with Gasteiger partial charge in [0.1, 0.15) is 5.82 Å². The number of benzene rings is 1. The fourth-order valence-corrected chi connectivity index (χ4v) is 1.38. The summed E-state index contributed by atoms with van der Waals surface area (Å²) in [5, 5.41) is 9.50. The van der Waals surface area contributed by atoms with Crippen LogP contribution in [0.4, 0.5) is 4.39 Å². The molecule has 0 bridgehead atoms. The van der Waals surface area contributed by atoms with Crippen molar-refractivity contribution in [3.63, 3.8) is 0 Å². The van der Waals surface area contributed by atoms with Crippen molar-refractivity contribution in [1.29, 1.82) is 0 Å². The van der Waals surface area contributed by atoms with Gasteiger partial charge < -0.3 is 10.4 Å². The van der Waals surface area contributed by atoms with Gasteiger partial charge in [0.15, 0.2) is 1.41 Å². The first-order valence-corrected chi connectivity index (χ1v) is 3.87. The quantitative estimate of drug-likeness (QED) is 0.666. The Morgan fingerprint density at radius 3 is 3.15 bits per heavy atom. The van der Waals surface area contributed by atoms with E-state index in [-0.39, 0.29) is 23.2 Å². The molecule has 1 aromatic rings. The van der Waals surface area contributed by atoms with Gasteiger partial charge in [-0.1, -0.05) is 6.07 Å². The number of carbonyl (C=O) groups is 1. The zero-order valence-electron chi connectivity index (χ0n) is 7.75. The minimum atomic E-state index is -0.576. The van der Waals surface area contributed by atoms with Crippen molar-refractivity contribution in [2.75, 3.05) is 0 Å². The molecule has 0 saturated carbocycles. The van der Waals surface area contributed by atoms with Crippen LogP contribution in [0.5, 0.6) is 0 Å². The van der Waals surface area contributed by atoms with E-state index in [9.17, 15) is 9.18 Å². The highest BCUT2D eigenvalue weighted by atomic mass is 19.1. The summed E-state index contributed by atoms with van der Waals surface area (Å²) in [5.41, 5.74) is 0.582. The normalized spacial score (nSPS) is 16.0. The topological polar surface area (TPSA) is 49.3 Å². The first-order chi connectivity index (χ1) is 6.65. The maximum Gasteiger partial charge on any atom is 0.252 e. The molecule has 1 heterocycles. The summed E-state index contributed by atoms with van der Waals surface area (Å²) in [6.07, 6.45) is 0. The van der Waals surface area contributed by atoms with E-state index in [1.807, 2.05) is 0 Å². The number of rotatable bonds is 1. The Balaban J connectivity index is 2.58. The number of nitrogens with one attached hydrogen (secondary N) is 1. The summed E-state index contributed by atoms with van der Waals surface area (Å²) in [4.78, 5) is 11.3. The highest BCUT2D eigenvalue weighted by Crippen LogP contribution is 2.21. The fourth-order valence-electron chi connectivity index (χ4n) is 1.38. The lowest BCUT2D eigenvalue weighted by Crippen LogP contribution is -2.12. The lowest BCUT2D eigenvalue weighted by molar-refractivity contribution is 0.0965. The second kappa shape index (κ2) is 2.81. The number of aliphatic hydroxyl groups excluding tert-OH is 1. The molecule has 13 heavy (non-hydrogen) atoms. The predicted molar refractivity (Wildman–Crippen MR) is 43.5 cm³/mol. The smallest absolute Gasteiger partial charge is 0.252 e. The Morgan fingerprint density at radius 1 is 1.69 bits per heavy atom. The summed E-state index contributed by atoms with van der Waals surface area (Å²) in [6.45, 7) is -0.445. The van der Waals surface area contributed by atoms with Crippen molar-refractivity contribution < 1.29 is 15.7 Å². The summed E-state index contributed by atoms with van der Waals surface area (Å²) in [7, 11) is 0. The van der Waals surface area contributed by atoms with E-state index in [1.54, 1.807) is 0 Å². The van der Waals surface area contributed by atoms with Crippen LogP contribution in [0, 0.1) is 5.82 Å². The molecule has 0 spiro atoms. The molecule has 1 aliphatic heterocycles. The van der Waals surface area contributed by atoms with Crippen LogP contribution in [0.2, 0.25) is 1.41 Å². The van der Waals surface area contributed by atoms with Crippen molar-refractivity contribution in [1.82, 2.24) is 5.31 Å². The highest BCUT2D eigenvalue weighted by molar-refractivity contribution is 5.98. The first kappa shape index (κ1) is 7.03. The Morgan fingerprint density at radius 2 is 2.46 bits per heavy atom. The maximum atomic E-state index is 13.5. The minimum absolute atomic E-state index is 0.0478. The molecule has 0 aliphatic carbocycles. The van der Waals surface area contributed by atoms with E-state index in [1.165, 1.54) is 12.1 Å². The van der Waals surface area contributed by atoms with Crippen LogP contribution in [0.25, 0.3) is 0 Å². The molecule has 1 aromatic carbocycles. The third kappa shape index (κ3) is 1.10. The van der Waals surface area contributed by atoms with Crippen LogP contribution < -0.4 is 5.31 Å². The molecule has 68 valence electrons. The van der Waals surface area contributed by atoms with Gasteiger partial charge in [-0.15, -0.1) is 0 Å². The molecule has 3 nitrogen and oxygen atoms in total. The van der Waals surface area contributed by atoms with E-state index < -0.39 is 18.3 Å². The van der Waals surface area contributed by atoms with Crippen LogP contribution in [0.3, 0.4) is 0 Å². The second-order valence-corrected chi connectivity index (χ2v) is 2.84. The predicted octanol–water partition coefficient (Wildman–Crippen LogP) is 0.561. The molecule has 1 aliphatic rings. The van der Waals surface area contributed by atoms with Crippen LogP contribution >= 0.6 is 0 Å². The Bertz CT molecular complexity index is 408. The number of amides is 1. The van der Waals surface area contributed by atoms with Gasteiger partial charge in [-0.05, 0) is 6.07 Å². The van der Waals surface area contributed by atoms with Crippen LogP contribution in [0.1, 0.15) is 21.5 Å². The van der Waals surface area contributed by atoms with Gasteiger partial charge in [-0.25, -0.2) is 4.39 Å². The van der Waals surface area contributed by atoms with Crippen LogP contribution in [-0.2, 0) is 13.2 Å². The van der Waals surface area contributed by atoms with Gasteiger partial charge in [0.05, 0.1) is 6.61 Å². The Kier molecular flexibility index (Phi) is 1.52. The van der Waals surface area contributed by atoms with E-state index in [4.69, 9.17) is 6.52 Å². The molecule has 1 amide bonds. The molecule has 0 saturated heterocycles. The molecule has 0 unspecified atom stereocenters. The van der Waals surface area contributed by atoms with Crippen molar-refractivity contribution in [3.05, 3.63) is 34.6 Å². The summed E-state index contributed by atoms with van der Waals surface area (Å²) in [6, 6.07) is 2.81. The average molecular weight is 182 g/mol. The zero-order valence-corrected chi connectivity index (χ0v) is 6.75. The number of hydrogen-bond acceptors (Lipinski definition) is 2. The largest absolute Gasteiger partial charge is 0.392 e. The first-order valence-electron chi connectivity index (χ1n) is 4.31. The maximum absolute atomic E-state index is 13.5. The number of halogens is 1. The Hall–Kier alpha value is -1.42. The molecule has 0 aromatic heterocycles. The van der Waals surface area contributed by atoms with Crippen molar-refractivity contribution in [2.45, 2.75) is 13.2 Å². The highest BCUT2D eigenvalue weighted by Gasteiger charge is 2.23. The molecular formula is C9H8FNO2. The summed E-state index contributed by atoms with van der Waals surface area (Å²) < 4.78 is 20.7. The summed E-state index contributed by atoms with van der Waals surface area (Å²) in [5.74, 6) is -1.07. The van der Waals surface area contributed by atoms with Crippen molar-refractivity contribution in [2.24, 2.45) is 0 Å². The third-order valence-corrected chi connectivity index (χ3v) is 2.10. The van der Waals surface area contributed by atoms with E-state index >= 15 is 0 Å². The van der Waals surface area contributed by atoms with E-state index in [0.29, 0.717) is 5.31 Å². The minimum Gasteiger partial charge on any atom is -0.392 e. The standard InChI is InChI=1S/C9H8FNO2/c10-8-5(4-12)1-2-6-7(8)3-11-9(6)13/h1-2,12H,3-4H2,(H,11,13)/i/hD. The monoisotopic (exact) mass is 182 g/mol. The van der Waals surface area contributed by atoms with Gasteiger partial charge in [0, 0.05) is 23.2 Å². The second-order valence-electron chi connectivity index (χ2n) is 2.84. The van der Waals surface area contributed by atoms with E-state index in [2.05, 4.69) is 0 Å². The van der Waals surface area contributed by atoms with Gasteiger partial charge in [0.25, 0.3) is 5.91 Å². The Labute approximate surface area is 75.7 Å². The van der Waals surface area contributed by atoms with Gasteiger partial charge in [-0.3, -0.25) is 4.79 Å². The van der Waals surface area contributed by atoms with Crippen molar-refractivity contribution >= 4 is 5.91 Å². The van der Waals surface area contributed by atoms with Gasteiger partial charge in [-0.2, -0.15) is 0 Å². The molecule has 4 heteroatoms. The number of carbonyl (C=O) groups excluding carboxylic acids is 1. The SMILES string of the molecule is [2H]N1Cc2c(ccc(CO)c2F)C1=O. The van der Waals surface area contributed by atoms with Gasteiger partial charge >= 0.3 is 0 Å².